The van der Waals surface area contributed by atoms with E-state index in [-0.39, 0.29) is 0 Å². The van der Waals surface area contributed by atoms with Crippen LogP contribution in [0.15, 0.2) is 24.3 Å². The van der Waals surface area contributed by atoms with E-state index in [9.17, 15) is 0 Å². The summed E-state index contributed by atoms with van der Waals surface area (Å²) in [5.74, 6) is 0.976. The first-order chi connectivity index (χ1) is 10.2. The van der Waals surface area contributed by atoms with Crippen LogP contribution in [0.5, 0.6) is 5.75 Å². The lowest BCUT2D eigenvalue weighted by molar-refractivity contribution is 0.0971. The van der Waals surface area contributed by atoms with Gasteiger partial charge < -0.3 is 10.1 Å². The third-order valence-corrected chi connectivity index (χ3v) is 4.09. The maximum atomic E-state index is 5.89. The fourth-order valence-corrected chi connectivity index (χ4v) is 2.75. The van der Waals surface area contributed by atoms with Crippen LogP contribution in [0.25, 0.3) is 0 Å². The number of nitrogens with zero attached hydrogens (tertiary/aromatic N) is 2. The maximum Gasteiger partial charge on any atom is 0.119 e. The van der Waals surface area contributed by atoms with Gasteiger partial charge >= 0.3 is 0 Å². The predicted octanol–water partition coefficient (Wildman–Crippen LogP) is 1.81. The summed E-state index contributed by atoms with van der Waals surface area (Å²) in [4.78, 5) is 5.04. The van der Waals surface area contributed by atoms with Crippen LogP contribution < -0.4 is 10.1 Å². The Morgan fingerprint density at radius 3 is 2.62 bits per heavy atom. The van der Waals surface area contributed by atoms with Crippen LogP contribution in [0, 0.1) is 0 Å². The zero-order valence-corrected chi connectivity index (χ0v) is 13.6. The standard InChI is InChI=1S/C17H29N3O/c1-15(2)20-9-7-19(8-10-20)11-12-21-17-6-4-5-16(13-17)14-18-3/h4-6,13,15,18H,7-12,14H2,1-3H3. The first-order valence-corrected chi connectivity index (χ1v) is 8.02. The van der Waals surface area contributed by atoms with Gasteiger partial charge in [-0.15, -0.1) is 0 Å². The van der Waals surface area contributed by atoms with Gasteiger partial charge in [-0.3, -0.25) is 9.80 Å². The van der Waals surface area contributed by atoms with Crippen LogP contribution in [0.3, 0.4) is 0 Å². The fourth-order valence-electron chi connectivity index (χ4n) is 2.75. The van der Waals surface area contributed by atoms with Gasteiger partial charge in [0.15, 0.2) is 0 Å². The molecule has 21 heavy (non-hydrogen) atoms. The highest BCUT2D eigenvalue weighted by molar-refractivity contribution is 5.28. The quantitative estimate of drug-likeness (QED) is 0.829. The molecule has 0 aliphatic carbocycles. The molecule has 4 nitrogen and oxygen atoms in total. The molecule has 0 unspecified atom stereocenters. The van der Waals surface area contributed by atoms with E-state index >= 15 is 0 Å². The molecule has 1 aromatic rings. The summed E-state index contributed by atoms with van der Waals surface area (Å²) < 4.78 is 5.89. The van der Waals surface area contributed by atoms with Crippen LogP contribution in [0.2, 0.25) is 0 Å². The summed E-state index contributed by atoms with van der Waals surface area (Å²) in [6.07, 6.45) is 0. The highest BCUT2D eigenvalue weighted by atomic mass is 16.5. The van der Waals surface area contributed by atoms with E-state index in [1.807, 2.05) is 13.1 Å². The van der Waals surface area contributed by atoms with Crippen molar-refractivity contribution in [1.82, 2.24) is 15.1 Å². The molecule has 1 aliphatic heterocycles. The molecule has 0 radical (unpaired) electrons. The van der Waals surface area contributed by atoms with Crippen LogP contribution >= 0.6 is 0 Å². The number of hydrogen-bond donors (Lipinski definition) is 1. The van der Waals surface area contributed by atoms with E-state index in [1.54, 1.807) is 0 Å². The molecule has 1 fully saturated rings. The molecule has 1 aromatic carbocycles. The van der Waals surface area contributed by atoms with E-state index < -0.39 is 0 Å². The summed E-state index contributed by atoms with van der Waals surface area (Å²) >= 11 is 0. The summed E-state index contributed by atoms with van der Waals surface area (Å²) in [7, 11) is 1.96. The lowest BCUT2D eigenvalue weighted by Crippen LogP contribution is -2.49. The highest BCUT2D eigenvalue weighted by Crippen LogP contribution is 2.13. The van der Waals surface area contributed by atoms with Crippen LogP contribution in [0.1, 0.15) is 19.4 Å². The maximum absolute atomic E-state index is 5.89. The third kappa shape index (κ3) is 5.30. The molecule has 1 N–H and O–H groups in total. The fraction of sp³-hybridized carbons (Fsp3) is 0.647. The van der Waals surface area contributed by atoms with Crippen molar-refractivity contribution in [3.8, 4) is 5.75 Å². The van der Waals surface area contributed by atoms with E-state index in [2.05, 4.69) is 47.2 Å². The number of nitrogens with one attached hydrogen (secondary N) is 1. The SMILES string of the molecule is CNCc1cccc(OCCN2CCN(C(C)C)CC2)c1. The van der Waals surface area contributed by atoms with Crippen molar-refractivity contribution in [2.24, 2.45) is 0 Å². The summed E-state index contributed by atoms with van der Waals surface area (Å²) in [5, 5.41) is 3.16. The zero-order valence-electron chi connectivity index (χ0n) is 13.6. The number of ether oxygens (including phenoxy) is 1. The Morgan fingerprint density at radius 2 is 1.95 bits per heavy atom. The second kappa shape index (κ2) is 8.37. The molecule has 0 amide bonds. The van der Waals surface area contributed by atoms with Crippen LogP contribution in [0.4, 0.5) is 0 Å². The van der Waals surface area contributed by atoms with E-state index in [0.29, 0.717) is 6.04 Å². The predicted molar refractivity (Wildman–Crippen MR) is 87.8 cm³/mol. The largest absolute Gasteiger partial charge is 0.492 e. The average Bonchev–Trinajstić information content (AvgIpc) is 2.48. The monoisotopic (exact) mass is 291 g/mol. The Balaban J connectivity index is 1.69. The molecule has 4 heteroatoms. The minimum Gasteiger partial charge on any atom is -0.492 e. The van der Waals surface area contributed by atoms with E-state index in [1.165, 1.54) is 18.7 Å². The second-order valence-corrected chi connectivity index (χ2v) is 6.00. The van der Waals surface area contributed by atoms with Crippen LogP contribution in [-0.4, -0.2) is 62.2 Å². The Labute approximate surface area is 129 Å². The van der Waals surface area contributed by atoms with Crippen molar-refractivity contribution in [3.63, 3.8) is 0 Å². The van der Waals surface area contributed by atoms with Gasteiger partial charge in [-0.2, -0.15) is 0 Å². The van der Waals surface area contributed by atoms with Crippen molar-refractivity contribution >= 4 is 0 Å². The number of piperazine rings is 1. The summed E-state index contributed by atoms with van der Waals surface area (Å²) in [6.45, 7) is 11.9. The van der Waals surface area contributed by atoms with Gasteiger partial charge in [0.1, 0.15) is 12.4 Å². The van der Waals surface area contributed by atoms with Gasteiger partial charge in [0.05, 0.1) is 0 Å². The smallest absolute Gasteiger partial charge is 0.119 e. The molecule has 0 saturated carbocycles. The highest BCUT2D eigenvalue weighted by Gasteiger charge is 2.18. The molecular weight excluding hydrogens is 262 g/mol. The second-order valence-electron chi connectivity index (χ2n) is 6.00. The van der Waals surface area contributed by atoms with E-state index in [4.69, 9.17) is 4.74 Å². The molecule has 118 valence electrons. The molecule has 1 aliphatic rings. The van der Waals surface area contributed by atoms with Gasteiger partial charge in [0, 0.05) is 45.3 Å². The third-order valence-electron chi connectivity index (χ3n) is 4.09. The van der Waals surface area contributed by atoms with Crippen molar-refractivity contribution in [2.75, 3.05) is 46.4 Å². The molecule has 0 aromatic heterocycles. The minimum absolute atomic E-state index is 0.665. The molecule has 1 saturated heterocycles. The average molecular weight is 291 g/mol. The lowest BCUT2D eigenvalue weighted by Gasteiger charge is -2.36. The van der Waals surface area contributed by atoms with Gasteiger partial charge in [-0.25, -0.2) is 0 Å². The summed E-state index contributed by atoms with van der Waals surface area (Å²) in [5.41, 5.74) is 1.26. The first kappa shape index (κ1) is 16.3. The molecule has 0 spiro atoms. The van der Waals surface area contributed by atoms with Crippen molar-refractivity contribution in [1.29, 1.82) is 0 Å². The van der Waals surface area contributed by atoms with Crippen molar-refractivity contribution < 1.29 is 4.74 Å². The first-order valence-electron chi connectivity index (χ1n) is 8.02. The van der Waals surface area contributed by atoms with Crippen LogP contribution in [-0.2, 0) is 6.54 Å². The number of benzene rings is 1. The molecule has 0 atom stereocenters. The Kier molecular flexibility index (Phi) is 6.49. The van der Waals surface area contributed by atoms with Gasteiger partial charge in [-0.1, -0.05) is 12.1 Å². The Bertz CT molecular complexity index is 414. The van der Waals surface area contributed by atoms with Crippen molar-refractivity contribution in [3.05, 3.63) is 29.8 Å². The van der Waals surface area contributed by atoms with Crippen molar-refractivity contribution in [2.45, 2.75) is 26.4 Å². The van der Waals surface area contributed by atoms with Gasteiger partial charge in [0.25, 0.3) is 0 Å². The molecule has 1 heterocycles. The van der Waals surface area contributed by atoms with E-state index in [0.717, 1.165) is 38.5 Å². The Morgan fingerprint density at radius 1 is 1.19 bits per heavy atom. The normalized spacial score (nSPS) is 17.3. The Hall–Kier alpha value is -1.10. The summed E-state index contributed by atoms with van der Waals surface area (Å²) in [6, 6.07) is 9.00. The van der Waals surface area contributed by atoms with Gasteiger partial charge in [-0.05, 0) is 38.6 Å². The minimum atomic E-state index is 0.665. The van der Waals surface area contributed by atoms with Gasteiger partial charge in [0.2, 0.25) is 0 Å². The zero-order chi connectivity index (χ0) is 15.1. The number of rotatable bonds is 7. The molecular formula is C17H29N3O. The lowest BCUT2D eigenvalue weighted by atomic mass is 10.2. The molecule has 2 rings (SSSR count). The molecule has 0 bridgehead atoms. The topological polar surface area (TPSA) is 27.7 Å². The number of hydrogen-bond acceptors (Lipinski definition) is 4.